The van der Waals surface area contributed by atoms with Gasteiger partial charge in [0, 0.05) is 25.2 Å². The number of aryl methyl sites for hydroxylation is 1. The van der Waals surface area contributed by atoms with Gasteiger partial charge in [-0.1, -0.05) is 24.3 Å². The molecule has 0 fully saturated rings. The summed E-state index contributed by atoms with van der Waals surface area (Å²) >= 11 is 0. The Hall–Kier alpha value is -1.58. The number of benzene rings is 1. The molecule has 94 valence electrons. The zero-order valence-electron chi connectivity index (χ0n) is 10.6. The highest BCUT2D eigenvalue weighted by Crippen LogP contribution is 2.25. The summed E-state index contributed by atoms with van der Waals surface area (Å²) in [4.78, 5) is 2.43. The third-order valence-electron chi connectivity index (χ3n) is 3.57. The van der Waals surface area contributed by atoms with E-state index in [4.69, 9.17) is 10.2 Å². The van der Waals surface area contributed by atoms with Crippen molar-refractivity contribution in [2.45, 2.75) is 33.1 Å². The van der Waals surface area contributed by atoms with E-state index in [2.05, 4.69) is 35.2 Å². The average Bonchev–Trinajstić information content (AvgIpc) is 2.93. The number of fused-ring (bicyclic) bond motifs is 1. The normalized spacial score (nSPS) is 15.0. The van der Waals surface area contributed by atoms with E-state index in [1.54, 1.807) is 0 Å². The van der Waals surface area contributed by atoms with E-state index in [1.165, 1.54) is 16.7 Å². The van der Waals surface area contributed by atoms with Gasteiger partial charge in [-0.2, -0.15) is 0 Å². The molecule has 2 aromatic rings. The summed E-state index contributed by atoms with van der Waals surface area (Å²) in [5.41, 5.74) is 9.74. The number of hydrogen-bond donors (Lipinski definition) is 1. The molecule has 1 aromatic heterocycles. The Bertz CT molecular complexity index is 534. The Morgan fingerprint density at radius 2 is 1.89 bits per heavy atom. The molecule has 2 heterocycles. The average molecular weight is 242 g/mol. The highest BCUT2D eigenvalue weighted by Gasteiger charge is 2.19. The number of furan rings is 1. The molecule has 0 radical (unpaired) electrons. The van der Waals surface area contributed by atoms with E-state index in [1.807, 2.05) is 6.92 Å². The fourth-order valence-electron chi connectivity index (χ4n) is 2.60. The predicted octanol–water partition coefficient (Wildman–Crippen LogP) is 2.56. The maximum atomic E-state index is 5.60. The summed E-state index contributed by atoms with van der Waals surface area (Å²) in [6, 6.07) is 10.7. The van der Waals surface area contributed by atoms with Gasteiger partial charge in [0.1, 0.15) is 11.5 Å². The van der Waals surface area contributed by atoms with Crippen LogP contribution in [-0.4, -0.2) is 4.90 Å². The molecule has 1 aliphatic rings. The second-order valence-corrected chi connectivity index (χ2v) is 4.91. The van der Waals surface area contributed by atoms with Crippen molar-refractivity contribution in [3.63, 3.8) is 0 Å². The van der Waals surface area contributed by atoms with Crippen LogP contribution in [0.25, 0.3) is 0 Å². The molecular formula is C15H18N2O. The molecule has 0 amide bonds. The maximum Gasteiger partial charge on any atom is 0.118 e. The van der Waals surface area contributed by atoms with Gasteiger partial charge < -0.3 is 10.2 Å². The van der Waals surface area contributed by atoms with Crippen molar-refractivity contribution in [3.05, 3.63) is 58.5 Å². The van der Waals surface area contributed by atoms with Gasteiger partial charge in [0.05, 0.1) is 6.54 Å². The zero-order chi connectivity index (χ0) is 12.5. The number of nitrogens with two attached hydrogens (primary N) is 1. The van der Waals surface area contributed by atoms with Crippen LogP contribution >= 0.6 is 0 Å². The van der Waals surface area contributed by atoms with E-state index in [0.717, 1.165) is 31.2 Å². The first kappa shape index (κ1) is 11.5. The maximum absolute atomic E-state index is 5.60. The van der Waals surface area contributed by atoms with Gasteiger partial charge in [-0.25, -0.2) is 0 Å². The molecule has 0 saturated carbocycles. The molecule has 3 rings (SSSR count). The third-order valence-corrected chi connectivity index (χ3v) is 3.57. The summed E-state index contributed by atoms with van der Waals surface area (Å²) < 4.78 is 5.60. The molecule has 3 heteroatoms. The van der Waals surface area contributed by atoms with Crippen molar-refractivity contribution < 1.29 is 4.42 Å². The zero-order valence-corrected chi connectivity index (χ0v) is 10.6. The molecule has 18 heavy (non-hydrogen) atoms. The first-order valence-electron chi connectivity index (χ1n) is 6.33. The van der Waals surface area contributed by atoms with Gasteiger partial charge in [0.25, 0.3) is 0 Å². The Labute approximate surface area is 107 Å². The van der Waals surface area contributed by atoms with Crippen molar-refractivity contribution in [2.75, 3.05) is 0 Å². The van der Waals surface area contributed by atoms with Crippen molar-refractivity contribution >= 4 is 0 Å². The minimum Gasteiger partial charge on any atom is -0.465 e. The SMILES string of the molecule is Cc1oc(CN)cc1CN1Cc2ccccc2C1. The minimum atomic E-state index is 0.473. The largest absolute Gasteiger partial charge is 0.465 e. The first-order valence-corrected chi connectivity index (χ1v) is 6.33. The van der Waals surface area contributed by atoms with Crippen LogP contribution in [0.5, 0.6) is 0 Å². The Morgan fingerprint density at radius 3 is 2.44 bits per heavy atom. The molecule has 0 atom stereocenters. The first-order chi connectivity index (χ1) is 8.76. The second kappa shape index (κ2) is 4.59. The van der Waals surface area contributed by atoms with Crippen LogP contribution < -0.4 is 5.73 Å². The van der Waals surface area contributed by atoms with E-state index in [0.29, 0.717) is 6.54 Å². The van der Waals surface area contributed by atoms with E-state index in [-0.39, 0.29) is 0 Å². The topological polar surface area (TPSA) is 42.4 Å². The van der Waals surface area contributed by atoms with Gasteiger partial charge in [0.15, 0.2) is 0 Å². The molecule has 3 nitrogen and oxygen atoms in total. The lowest BCUT2D eigenvalue weighted by Crippen LogP contribution is -2.15. The molecular weight excluding hydrogens is 224 g/mol. The van der Waals surface area contributed by atoms with Crippen molar-refractivity contribution in [2.24, 2.45) is 5.73 Å². The van der Waals surface area contributed by atoms with Gasteiger partial charge in [-0.05, 0) is 24.1 Å². The fraction of sp³-hybridized carbons (Fsp3) is 0.333. The van der Waals surface area contributed by atoms with Crippen LogP contribution in [0.3, 0.4) is 0 Å². The molecule has 2 N–H and O–H groups in total. The molecule has 0 saturated heterocycles. The highest BCUT2D eigenvalue weighted by molar-refractivity contribution is 5.31. The minimum absolute atomic E-state index is 0.473. The van der Waals surface area contributed by atoms with Crippen LogP contribution in [0.1, 0.15) is 28.2 Å². The predicted molar refractivity (Wildman–Crippen MR) is 70.7 cm³/mol. The monoisotopic (exact) mass is 242 g/mol. The third kappa shape index (κ3) is 2.07. The summed E-state index contributed by atoms with van der Waals surface area (Å²) in [7, 11) is 0. The van der Waals surface area contributed by atoms with Crippen molar-refractivity contribution in [3.8, 4) is 0 Å². The standard InChI is InChI=1S/C15H18N2O/c1-11-14(6-15(7-16)18-11)10-17-8-12-4-2-3-5-13(12)9-17/h2-6H,7-10,16H2,1H3. The lowest BCUT2D eigenvalue weighted by atomic mass is 10.1. The van der Waals surface area contributed by atoms with E-state index in [9.17, 15) is 0 Å². The Balaban J connectivity index is 1.74. The van der Waals surface area contributed by atoms with Gasteiger partial charge in [0.2, 0.25) is 0 Å². The highest BCUT2D eigenvalue weighted by atomic mass is 16.3. The van der Waals surface area contributed by atoms with Crippen molar-refractivity contribution in [1.82, 2.24) is 4.90 Å². The molecule has 0 bridgehead atoms. The van der Waals surface area contributed by atoms with Crippen LogP contribution in [0, 0.1) is 6.92 Å². The number of nitrogens with zero attached hydrogens (tertiary/aromatic N) is 1. The second-order valence-electron chi connectivity index (χ2n) is 4.91. The van der Waals surface area contributed by atoms with E-state index < -0.39 is 0 Å². The van der Waals surface area contributed by atoms with Crippen LogP contribution in [0.2, 0.25) is 0 Å². The van der Waals surface area contributed by atoms with Crippen molar-refractivity contribution in [1.29, 1.82) is 0 Å². The molecule has 0 spiro atoms. The molecule has 1 aliphatic heterocycles. The summed E-state index contributed by atoms with van der Waals surface area (Å²) in [5.74, 6) is 1.87. The Kier molecular flexibility index (Phi) is 2.94. The molecule has 0 aliphatic carbocycles. The lowest BCUT2D eigenvalue weighted by molar-refractivity contribution is 0.273. The Morgan fingerprint density at radius 1 is 1.22 bits per heavy atom. The van der Waals surface area contributed by atoms with Crippen LogP contribution in [-0.2, 0) is 26.2 Å². The summed E-state index contributed by atoms with van der Waals surface area (Å²) in [5, 5.41) is 0. The van der Waals surface area contributed by atoms with Gasteiger partial charge in [-0.15, -0.1) is 0 Å². The van der Waals surface area contributed by atoms with E-state index >= 15 is 0 Å². The van der Waals surface area contributed by atoms with Crippen LogP contribution in [0.15, 0.2) is 34.7 Å². The summed E-state index contributed by atoms with van der Waals surface area (Å²) in [6.45, 7) is 5.47. The lowest BCUT2D eigenvalue weighted by Gasteiger charge is -2.13. The van der Waals surface area contributed by atoms with Gasteiger partial charge in [-0.3, -0.25) is 4.90 Å². The fourth-order valence-corrected chi connectivity index (χ4v) is 2.60. The smallest absolute Gasteiger partial charge is 0.118 e. The van der Waals surface area contributed by atoms with Gasteiger partial charge >= 0.3 is 0 Å². The van der Waals surface area contributed by atoms with Crippen LogP contribution in [0.4, 0.5) is 0 Å². The quantitative estimate of drug-likeness (QED) is 0.899. The number of hydrogen-bond acceptors (Lipinski definition) is 3. The summed E-state index contributed by atoms with van der Waals surface area (Å²) in [6.07, 6.45) is 0. The molecule has 1 aromatic carbocycles. The number of rotatable bonds is 3. The molecule has 0 unspecified atom stereocenters.